The second kappa shape index (κ2) is 6.58. The van der Waals surface area contributed by atoms with Crippen LogP contribution in [0.15, 0.2) is 40.5 Å². The van der Waals surface area contributed by atoms with Gasteiger partial charge in [0, 0.05) is 18.1 Å². The first-order chi connectivity index (χ1) is 11.1. The Labute approximate surface area is 139 Å². The minimum Gasteiger partial charge on any atom is -0.279 e. The molecule has 5 nitrogen and oxygen atoms in total. The van der Waals surface area contributed by atoms with Crippen LogP contribution in [0.2, 0.25) is 0 Å². The molecule has 6 heteroatoms. The van der Waals surface area contributed by atoms with Gasteiger partial charge in [0.05, 0.1) is 5.69 Å². The molecule has 0 unspecified atom stereocenters. The van der Waals surface area contributed by atoms with E-state index in [4.69, 9.17) is 0 Å². The van der Waals surface area contributed by atoms with Gasteiger partial charge in [-0.1, -0.05) is 37.2 Å². The fourth-order valence-electron chi connectivity index (χ4n) is 2.46. The Balaban J connectivity index is 2.07. The SMILES string of the molecule is CCCCSc1nnc2c(=O)n(-c3cccc(C)c3C)ccn12. The molecule has 0 radical (unpaired) electrons. The molecule has 0 atom stereocenters. The third kappa shape index (κ3) is 2.91. The quantitative estimate of drug-likeness (QED) is 0.532. The second-order valence-corrected chi connectivity index (χ2v) is 6.63. The van der Waals surface area contributed by atoms with Crippen molar-refractivity contribution in [2.24, 2.45) is 0 Å². The van der Waals surface area contributed by atoms with Crippen molar-refractivity contribution in [2.75, 3.05) is 5.75 Å². The van der Waals surface area contributed by atoms with Gasteiger partial charge in [-0.2, -0.15) is 0 Å². The van der Waals surface area contributed by atoms with Gasteiger partial charge in [0.25, 0.3) is 0 Å². The van der Waals surface area contributed by atoms with Crippen LogP contribution in [-0.2, 0) is 0 Å². The maximum atomic E-state index is 12.8. The molecule has 0 N–H and O–H groups in total. The van der Waals surface area contributed by atoms with E-state index < -0.39 is 0 Å². The molecular formula is C17H20N4OS. The monoisotopic (exact) mass is 328 g/mol. The molecule has 0 aliphatic carbocycles. The lowest BCUT2D eigenvalue weighted by Gasteiger charge is -2.11. The normalized spacial score (nSPS) is 11.3. The van der Waals surface area contributed by atoms with Gasteiger partial charge in [0.15, 0.2) is 5.16 Å². The number of fused-ring (bicyclic) bond motifs is 1. The summed E-state index contributed by atoms with van der Waals surface area (Å²) >= 11 is 1.64. The highest BCUT2D eigenvalue weighted by Crippen LogP contribution is 2.19. The number of hydrogen-bond acceptors (Lipinski definition) is 4. The smallest absolute Gasteiger partial charge is 0.279 e. The molecule has 2 heterocycles. The Morgan fingerprint density at radius 1 is 1.17 bits per heavy atom. The van der Waals surface area contributed by atoms with Crippen molar-refractivity contribution in [3.8, 4) is 5.69 Å². The highest BCUT2D eigenvalue weighted by atomic mass is 32.2. The van der Waals surface area contributed by atoms with E-state index in [1.54, 1.807) is 26.9 Å². The van der Waals surface area contributed by atoms with E-state index in [-0.39, 0.29) is 5.56 Å². The van der Waals surface area contributed by atoms with Gasteiger partial charge in [-0.25, -0.2) is 0 Å². The van der Waals surface area contributed by atoms with Crippen molar-refractivity contribution in [3.05, 3.63) is 52.1 Å². The van der Waals surface area contributed by atoms with Gasteiger partial charge in [-0.15, -0.1) is 10.2 Å². The van der Waals surface area contributed by atoms with E-state index in [9.17, 15) is 4.79 Å². The summed E-state index contributed by atoms with van der Waals surface area (Å²) in [5.74, 6) is 0.983. The first-order valence-electron chi connectivity index (χ1n) is 7.79. The zero-order chi connectivity index (χ0) is 16.4. The van der Waals surface area contributed by atoms with Crippen LogP contribution < -0.4 is 5.56 Å². The topological polar surface area (TPSA) is 52.2 Å². The van der Waals surface area contributed by atoms with Crippen molar-refractivity contribution in [3.63, 3.8) is 0 Å². The highest BCUT2D eigenvalue weighted by Gasteiger charge is 2.13. The number of unbranched alkanes of at least 4 members (excludes halogenated alkanes) is 1. The van der Waals surface area contributed by atoms with Crippen molar-refractivity contribution in [2.45, 2.75) is 38.8 Å². The Hall–Kier alpha value is -2.08. The summed E-state index contributed by atoms with van der Waals surface area (Å²) in [7, 11) is 0. The fourth-order valence-corrected chi connectivity index (χ4v) is 3.46. The van der Waals surface area contributed by atoms with Crippen molar-refractivity contribution in [1.29, 1.82) is 0 Å². The Kier molecular flexibility index (Phi) is 4.52. The molecular weight excluding hydrogens is 308 g/mol. The molecule has 0 spiro atoms. The third-order valence-corrected chi connectivity index (χ3v) is 5.03. The van der Waals surface area contributed by atoms with Gasteiger partial charge in [0.2, 0.25) is 5.65 Å². The second-order valence-electron chi connectivity index (χ2n) is 5.57. The van der Waals surface area contributed by atoms with Crippen molar-refractivity contribution in [1.82, 2.24) is 19.2 Å². The van der Waals surface area contributed by atoms with E-state index in [1.807, 2.05) is 38.2 Å². The zero-order valence-electron chi connectivity index (χ0n) is 13.6. The van der Waals surface area contributed by atoms with Crippen LogP contribution in [0.1, 0.15) is 30.9 Å². The molecule has 3 aromatic rings. The van der Waals surface area contributed by atoms with Gasteiger partial charge >= 0.3 is 5.56 Å². The minimum absolute atomic E-state index is 0.143. The molecule has 0 saturated carbocycles. The number of thioether (sulfide) groups is 1. The summed E-state index contributed by atoms with van der Waals surface area (Å²) in [4.78, 5) is 12.8. The molecule has 0 bridgehead atoms. The number of hydrogen-bond donors (Lipinski definition) is 0. The predicted octanol–water partition coefficient (Wildman–Crippen LogP) is 3.39. The molecule has 0 aliphatic heterocycles. The summed E-state index contributed by atoms with van der Waals surface area (Å²) in [6.45, 7) is 6.23. The standard InChI is InChI=1S/C17H20N4OS/c1-4-5-11-23-17-19-18-15-16(22)20(9-10-21(15)17)14-8-6-7-12(2)13(14)3/h6-10H,4-5,11H2,1-3H3. The first-order valence-corrected chi connectivity index (χ1v) is 8.78. The van der Waals surface area contributed by atoms with Crippen molar-refractivity contribution >= 4 is 17.4 Å². The van der Waals surface area contributed by atoms with Crippen molar-refractivity contribution < 1.29 is 0 Å². The lowest BCUT2D eigenvalue weighted by Crippen LogP contribution is -2.21. The first kappa shape index (κ1) is 15.8. The van der Waals surface area contributed by atoms with Crippen LogP contribution >= 0.6 is 11.8 Å². The van der Waals surface area contributed by atoms with Crippen LogP contribution in [0, 0.1) is 13.8 Å². The fraction of sp³-hybridized carbons (Fsp3) is 0.353. The number of aryl methyl sites for hydroxylation is 1. The van der Waals surface area contributed by atoms with Crippen LogP contribution in [-0.4, -0.2) is 24.9 Å². The summed E-state index contributed by atoms with van der Waals surface area (Å²) < 4.78 is 3.43. The summed E-state index contributed by atoms with van der Waals surface area (Å²) in [6.07, 6.45) is 5.93. The minimum atomic E-state index is -0.143. The maximum Gasteiger partial charge on any atom is 0.300 e. The van der Waals surface area contributed by atoms with E-state index in [1.165, 1.54) is 0 Å². The summed E-state index contributed by atoms with van der Waals surface area (Å²) in [5.41, 5.74) is 3.37. The molecule has 2 aromatic heterocycles. The third-order valence-electron chi connectivity index (χ3n) is 4.00. The van der Waals surface area contributed by atoms with E-state index >= 15 is 0 Å². The molecule has 23 heavy (non-hydrogen) atoms. The van der Waals surface area contributed by atoms with Crippen LogP contribution in [0.5, 0.6) is 0 Å². The molecule has 0 saturated heterocycles. The largest absolute Gasteiger partial charge is 0.300 e. The Bertz CT molecular complexity index is 897. The Morgan fingerprint density at radius 2 is 2.00 bits per heavy atom. The van der Waals surface area contributed by atoms with E-state index in [0.29, 0.717) is 5.65 Å². The predicted molar refractivity (Wildman–Crippen MR) is 93.7 cm³/mol. The number of aromatic nitrogens is 4. The van der Waals surface area contributed by atoms with Gasteiger partial charge < -0.3 is 0 Å². The zero-order valence-corrected chi connectivity index (χ0v) is 14.4. The molecule has 0 amide bonds. The molecule has 0 fully saturated rings. The average molecular weight is 328 g/mol. The number of benzene rings is 1. The van der Waals surface area contributed by atoms with Crippen LogP contribution in [0.3, 0.4) is 0 Å². The summed E-state index contributed by atoms with van der Waals surface area (Å²) in [6, 6.07) is 5.96. The molecule has 3 rings (SSSR count). The molecule has 1 aromatic carbocycles. The maximum absolute atomic E-state index is 12.8. The van der Waals surface area contributed by atoms with E-state index in [0.717, 1.165) is 40.6 Å². The van der Waals surface area contributed by atoms with E-state index in [2.05, 4.69) is 17.1 Å². The van der Waals surface area contributed by atoms with Gasteiger partial charge in [-0.05, 0) is 37.5 Å². The molecule has 120 valence electrons. The van der Waals surface area contributed by atoms with Crippen LogP contribution in [0.25, 0.3) is 11.3 Å². The number of rotatable bonds is 5. The van der Waals surface area contributed by atoms with Crippen LogP contribution in [0.4, 0.5) is 0 Å². The average Bonchev–Trinajstić information content (AvgIpc) is 2.95. The lowest BCUT2D eigenvalue weighted by molar-refractivity contribution is 0.871. The van der Waals surface area contributed by atoms with Gasteiger partial charge in [0.1, 0.15) is 0 Å². The number of nitrogens with zero attached hydrogens (tertiary/aromatic N) is 4. The Morgan fingerprint density at radius 3 is 2.78 bits per heavy atom. The lowest BCUT2D eigenvalue weighted by atomic mass is 10.1. The van der Waals surface area contributed by atoms with Gasteiger partial charge in [-0.3, -0.25) is 13.8 Å². The highest BCUT2D eigenvalue weighted by molar-refractivity contribution is 7.99. The molecule has 0 aliphatic rings. The summed E-state index contributed by atoms with van der Waals surface area (Å²) in [5, 5.41) is 9.04.